The number of carbonyl (C=O) groups is 4. The van der Waals surface area contributed by atoms with E-state index in [0.29, 0.717) is 69.0 Å². The van der Waals surface area contributed by atoms with E-state index < -0.39 is 24.2 Å². The maximum Gasteiger partial charge on any atom is 0.246 e. The number of aliphatic imine (C=N–C) groups is 1. The van der Waals surface area contributed by atoms with Gasteiger partial charge in [0, 0.05) is 52.6 Å². The summed E-state index contributed by atoms with van der Waals surface area (Å²) in [5.74, 6) is 0.701. The maximum absolute atomic E-state index is 14.4. The Hall–Kier alpha value is -5.24. The first-order chi connectivity index (χ1) is 33.5. The number of benzene rings is 2. The number of nitrogens with one attached hydrogen (secondary N) is 3. The van der Waals surface area contributed by atoms with E-state index >= 15 is 0 Å². The van der Waals surface area contributed by atoms with Gasteiger partial charge in [0.05, 0.1) is 55.5 Å². The minimum atomic E-state index is -0.703. The molecule has 3 aliphatic rings. The second kappa shape index (κ2) is 23.6. The van der Waals surface area contributed by atoms with Crippen molar-refractivity contribution in [1.82, 2.24) is 45.2 Å². The van der Waals surface area contributed by atoms with Gasteiger partial charge in [-0.15, -0.1) is 26.6 Å². The smallest absolute Gasteiger partial charge is 0.246 e. The summed E-state index contributed by atoms with van der Waals surface area (Å²) in [6, 6.07) is 14.9. The van der Waals surface area contributed by atoms with Crippen LogP contribution >= 0.6 is 34.5 Å². The van der Waals surface area contributed by atoms with Gasteiger partial charge in [-0.05, 0) is 88.5 Å². The van der Waals surface area contributed by atoms with Crippen molar-refractivity contribution in [3.8, 4) is 16.3 Å². The van der Waals surface area contributed by atoms with Crippen molar-refractivity contribution >= 4 is 63.7 Å². The lowest BCUT2D eigenvalue weighted by atomic mass is 9.83. The molecule has 2 aromatic carbocycles. The Labute approximate surface area is 416 Å². The number of aromatic nitrogens is 5. The number of ether oxygens (including phenoxy) is 2. The Kier molecular flexibility index (Phi) is 17.1. The number of amides is 3. The first-order valence-corrected chi connectivity index (χ1v) is 26.0. The molecule has 8 rings (SSSR count). The molecule has 2 aliphatic heterocycles. The van der Waals surface area contributed by atoms with Crippen LogP contribution < -0.4 is 16.0 Å². The van der Waals surface area contributed by atoms with Crippen molar-refractivity contribution in [2.45, 2.75) is 110 Å². The average Bonchev–Trinajstić information content (AvgIpc) is 4.16. The number of carbonyl (C=O) groups excluding carboxylic acids is 4. The van der Waals surface area contributed by atoms with E-state index in [1.807, 2.05) is 66.1 Å². The van der Waals surface area contributed by atoms with Gasteiger partial charge in [-0.25, -0.2) is 0 Å². The molecule has 5 aromatic rings. The molecule has 3 amide bonds. The number of Topliss-reactive ketones (excluding diaryl/α,β-unsaturated/α-hetero) is 1. The van der Waals surface area contributed by atoms with Crippen molar-refractivity contribution < 1.29 is 28.7 Å². The molecule has 0 unspecified atom stereocenters. The molecule has 5 heterocycles. The van der Waals surface area contributed by atoms with Gasteiger partial charge >= 0.3 is 0 Å². The van der Waals surface area contributed by atoms with E-state index in [0.717, 1.165) is 82.2 Å². The molecular weight excluding hydrogens is 936 g/mol. The average molecular weight is 998 g/mol. The lowest BCUT2D eigenvalue weighted by Crippen LogP contribution is -2.57. The van der Waals surface area contributed by atoms with Crippen molar-refractivity contribution in [2.75, 3.05) is 46.1 Å². The standard InChI is InChI=1S/C50H61ClN10O6S2/c1-30-32(3)68-50-43(30)45(36-17-19-37(51)20-18-36)54-38(47-58-56-33(4)61(47)50)28-42(63)53-22-25-67-27-26-66-24-21-52-31(2)48(64)55-46(35-14-9-6-10-15-35)49(65)60-23-11-16-39(60)40(62)29-41-44(57-59-69-41)34-12-7-5-8-13-34/h5,7-8,12-13,17-20,31,35,38-39,46,52H,6,9-11,14-16,21-29H2,1-4H3,(H,53,63)(H,55,64)/t31-,38-,39-,46-/m0/s1. The molecule has 366 valence electrons. The van der Waals surface area contributed by atoms with Crippen LogP contribution in [0.3, 0.4) is 0 Å². The number of likely N-dealkylation sites (tertiary alicyclic amines) is 1. The highest BCUT2D eigenvalue weighted by Crippen LogP contribution is 2.40. The van der Waals surface area contributed by atoms with E-state index in [9.17, 15) is 19.2 Å². The fraction of sp³-hybridized carbons (Fsp3) is 0.500. The topological polar surface area (TPSA) is 195 Å². The quantitative estimate of drug-likeness (QED) is 0.0662. The molecule has 1 aliphatic carbocycles. The summed E-state index contributed by atoms with van der Waals surface area (Å²) in [5, 5.41) is 24.1. The van der Waals surface area contributed by atoms with Crippen molar-refractivity contribution in [3.05, 3.63) is 97.7 Å². The first kappa shape index (κ1) is 50.2. The Morgan fingerprint density at radius 2 is 1.59 bits per heavy atom. The Balaban J connectivity index is 0.759. The third kappa shape index (κ3) is 12.0. The van der Waals surface area contributed by atoms with Gasteiger partial charge in [-0.2, -0.15) is 0 Å². The number of aryl methyl sites for hydroxylation is 2. The fourth-order valence-corrected chi connectivity index (χ4v) is 11.5. The molecule has 0 bridgehead atoms. The molecule has 1 saturated carbocycles. The number of nitrogens with zero attached hydrogens (tertiary/aromatic N) is 7. The molecule has 4 atom stereocenters. The molecule has 2 fully saturated rings. The van der Waals surface area contributed by atoms with Crippen LogP contribution in [0.15, 0.2) is 59.6 Å². The lowest BCUT2D eigenvalue weighted by Gasteiger charge is -2.35. The normalized spacial score (nSPS) is 17.9. The highest BCUT2D eigenvalue weighted by atomic mass is 35.5. The van der Waals surface area contributed by atoms with Crippen molar-refractivity contribution in [3.63, 3.8) is 0 Å². The van der Waals surface area contributed by atoms with E-state index in [1.165, 1.54) is 16.4 Å². The van der Waals surface area contributed by atoms with Crippen LogP contribution in [0.1, 0.15) is 102 Å². The Bertz CT molecular complexity index is 2610. The SMILES string of the molecule is Cc1sc2c(c1C)C(c1ccc(Cl)cc1)=N[C@@H](CC(=O)NCCOCCOCCN[C@@H](C)C(=O)N[C@H](C(=O)N1CCC[C@H]1C(=O)Cc1snnc1-c1ccccc1)C1CCCCC1)c1nnc(C)n1-2. The molecule has 19 heteroatoms. The second-order valence-electron chi connectivity index (χ2n) is 18.0. The third-order valence-electron chi connectivity index (χ3n) is 13.3. The molecule has 16 nitrogen and oxygen atoms in total. The number of fused-ring (bicyclic) bond motifs is 3. The van der Waals surface area contributed by atoms with Crippen LogP contribution in [0.25, 0.3) is 16.3 Å². The number of halogens is 1. The number of hydrogen-bond acceptors (Lipinski definition) is 14. The number of thiophene rings is 1. The summed E-state index contributed by atoms with van der Waals surface area (Å²) in [6.45, 7) is 10.4. The maximum atomic E-state index is 14.4. The fourth-order valence-electron chi connectivity index (χ4n) is 9.49. The van der Waals surface area contributed by atoms with Crippen molar-refractivity contribution in [2.24, 2.45) is 10.9 Å². The number of rotatable bonds is 21. The first-order valence-electron chi connectivity index (χ1n) is 24.0. The van der Waals surface area contributed by atoms with Gasteiger partial charge in [-0.1, -0.05) is 77.8 Å². The summed E-state index contributed by atoms with van der Waals surface area (Å²) in [4.78, 5) is 64.0. The second-order valence-corrected chi connectivity index (χ2v) is 20.5. The van der Waals surface area contributed by atoms with E-state index in [4.69, 9.17) is 26.1 Å². The van der Waals surface area contributed by atoms with Gasteiger partial charge in [0.1, 0.15) is 28.6 Å². The molecule has 1 saturated heterocycles. The monoisotopic (exact) mass is 996 g/mol. The molecule has 0 spiro atoms. The van der Waals surface area contributed by atoms with E-state index in [2.05, 4.69) is 49.6 Å². The highest BCUT2D eigenvalue weighted by Gasteiger charge is 2.41. The summed E-state index contributed by atoms with van der Waals surface area (Å²) in [5.41, 5.74) is 5.43. The van der Waals surface area contributed by atoms with Gasteiger partial charge in [0.15, 0.2) is 11.6 Å². The zero-order valence-corrected chi connectivity index (χ0v) is 42.1. The molecular formula is C50H61ClN10O6S2. The largest absolute Gasteiger partial charge is 0.378 e. The van der Waals surface area contributed by atoms with Crippen LogP contribution in [0.2, 0.25) is 5.02 Å². The van der Waals surface area contributed by atoms with Crippen LogP contribution in [0.4, 0.5) is 0 Å². The summed E-state index contributed by atoms with van der Waals surface area (Å²) >= 11 is 9.12. The van der Waals surface area contributed by atoms with Crippen LogP contribution in [0, 0.1) is 26.7 Å². The van der Waals surface area contributed by atoms with Crippen LogP contribution in [-0.4, -0.2) is 123 Å². The molecule has 3 N–H and O–H groups in total. The van der Waals surface area contributed by atoms with Crippen molar-refractivity contribution in [1.29, 1.82) is 0 Å². The number of ketones is 1. The zero-order chi connectivity index (χ0) is 48.4. The summed E-state index contributed by atoms with van der Waals surface area (Å²) in [7, 11) is 0. The van der Waals surface area contributed by atoms with E-state index in [1.54, 1.807) is 23.2 Å². The summed E-state index contributed by atoms with van der Waals surface area (Å²) < 4.78 is 17.7. The minimum Gasteiger partial charge on any atom is -0.378 e. The Morgan fingerprint density at radius 3 is 2.35 bits per heavy atom. The predicted molar refractivity (Wildman–Crippen MR) is 267 cm³/mol. The highest BCUT2D eigenvalue weighted by molar-refractivity contribution is 7.15. The predicted octanol–water partition coefficient (Wildman–Crippen LogP) is 6.70. The third-order valence-corrected chi connectivity index (χ3v) is 15.5. The van der Waals surface area contributed by atoms with Gasteiger partial charge in [0.2, 0.25) is 17.7 Å². The Morgan fingerprint density at radius 1 is 0.855 bits per heavy atom. The van der Waals surface area contributed by atoms with Crippen LogP contribution in [0.5, 0.6) is 0 Å². The lowest BCUT2D eigenvalue weighted by molar-refractivity contribution is -0.142. The molecule has 0 radical (unpaired) electrons. The minimum absolute atomic E-state index is 0.00619. The van der Waals surface area contributed by atoms with Gasteiger partial charge in [-0.3, -0.25) is 28.7 Å². The number of hydrogen-bond donors (Lipinski definition) is 3. The summed E-state index contributed by atoms with van der Waals surface area (Å²) in [6.07, 6.45) is 6.36. The van der Waals surface area contributed by atoms with Gasteiger partial charge < -0.3 is 30.3 Å². The zero-order valence-electron chi connectivity index (χ0n) is 39.7. The van der Waals surface area contributed by atoms with Crippen LogP contribution in [-0.2, 0) is 35.1 Å². The molecule has 3 aromatic heterocycles. The van der Waals surface area contributed by atoms with Gasteiger partial charge in [0.25, 0.3) is 0 Å². The van der Waals surface area contributed by atoms with E-state index in [-0.39, 0.29) is 42.3 Å². The molecule has 69 heavy (non-hydrogen) atoms.